The lowest BCUT2D eigenvalue weighted by Gasteiger charge is -2.62. The minimum atomic E-state index is -0.410. The summed E-state index contributed by atoms with van der Waals surface area (Å²) in [5.74, 6) is 1.96. The summed E-state index contributed by atoms with van der Waals surface area (Å²) in [5, 5.41) is 11.1. The number of methoxy groups -OCH3 is 1. The summed E-state index contributed by atoms with van der Waals surface area (Å²) < 4.78 is 5.65. The highest BCUT2D eigenvalue weighted by Gasteiger charge is 2.76. The van der Waals surface area contributed by atoms with Crippen molar-refractivity contribution in [2.45, 2.75) is 56.0 Å². The highest BCUT2D eigenvalue weighted by atomic mass is 16.5. The third-order valence-electron chi connectivity index (χ3n) is 8.48. The molecule has 2 unspecified atom stereocenters. The summed E-state index contributed by atoms with van der Waals surface area (Å²) in [6.07, 6.45) is 2.44. The molecule has 7 rings (SSSR count). The first-order chi connectivity index (χ1) is 12.6. The zero-order valence-corrected chi connectivity index (χ0v) is 15.6. The predicted molar refractivity (Wildman–Crippen MR) is 97.3 cm³/mol. The fourth-order valence-corrected chi connectivity index (χ4v) is 7.81. The first kappa shape index (κ1) is 15.5. The molecule has 0 aromatic heterocycles. The number of anilines is 1. The molecule has 1 N–H and O–H groups in total. The standard InChI is InChI=1S/C21H26N2O3/c1-4-10-11-8-13-18-21(9-14(16(11)19(21)24)23(13)20(10)25)12-6-5-7-15(26-3)17(12)22(18)2/h5-7,10-11,13-14,16,18,20,25H,4,8-9H2,1-3H3/t10-,11-,13-,14-,16?,18-,20+,21+/m0/s1. The zero-order valence-electron chi connectivity index (χ0n) is 15.6. The predicted octanol–water partition coefficient (Wildman–Crippen LogP) is 1.77. The Morgan fingerprint density at radius 2 is 2.15 bits per heavy atom. The van der Waals surface area contributed by atoms with Crippen LogP contribution in [0.15, 0.2) is 18.2 Å². The van der Waals surface area contributed by atoms with Crippen LogP contribution in [0.2, 0.25) is 0 Å². The molecule has 0 radical (unpaired) electrons. The third kappa shape index (κ3) is 1.34. The van der Waals surface area contributed by atoms with Gasteiger partial charge in [0.05, 0.1) is 24.3 Å². The second-order valence-corrected chi connectivity index (χ2v) is 8.94. The number of piperidine rings is 4. The van der Waals surface area contributed by atoms with Crippen molar-refractivity contribution in [1.29, 1.82) is 0 Å². The van der Waals surface area contributed by atoms with Crippen molar-refractivity contribution in [2.75, 3.05) is 19.1 Å². The lowest BCUT2D eigenvalue weighted by atomic mass is 9.62. The van der Waals surface area contributed by atoms with Crippen molar-refractivity contribution < 1.29 is 14.6 Å². The lowest BCUT2D eigenvalue weighted by molar-refractivity contribution is -0.207. The zero-order chi connectivity index (χ0) is 18.0. The van der Waals surface area contributed by atoms with E-state index in [0.717, 1.165) is 36.3 Å². The highest BCUT2D eigenvalue weighted by molar-refractivity contribution is 6.02. The van der Waals surface area contributed by atoms with Crippen LogP contribution in [-0.2, 0) is 10.2 Å². The Morgan fingerprint density at radius 1 is 1.35 bits per heavy atom. The molecule has 1 aliphatic carbocycles. The minimum Gasteiger partial charge on any atom is -0.495 e. The average molecular weight is 354 g/mol. The van der Waals surface area contributed by atoms with Gasteiger partial charge in [-0.1, -0.05) is 19.1 Å². The second kappa shape index (κ2) is 4.63. The molecule has 138 valence electrons. The normalized spacial score (nSPS) is 49.5. The van der Waals surface area contributed by atoms with Crippen molar-refractivity contribution in [2.24, 2.45) is 17.8 Å². The number of aliphatic hydroxyl groups excluding tert-OH is 1. The maximum atomic E-state index is 13.9. The van der Waals surface area contributed by atoms with Crippen molar-refractivity contribution in [3.05, 3.63) is 23.8 Å². The van der Waals surface area contributed by atoms with Gasteiger partial charge < -0.3 is 14.7 Å². The number of rotatable bonds is 2. The summed E-state index contributed by atoms with van der Waals surface area (Å²) in [4.78, 5) is 18.6. The molecule has 5 aliphatic heterocycles. The molecule has 9 atom stereocenters. The van der Waals surface area contributed by atoms with Crippen molar-refractivity contribution >= 4 is 11.5 Å². The first-order valence-corrected chi connectivity index (χ1v) is 9.96. The van der Waals surface area contributed by atoms with E-state index < -0.39 is 11.6 Å². The first-order valence-electron chi connectivity index (χ1n) is 9.96. The molecule has 1 aromatic carbocycles. The number of ketones is 1. The van der Waals surface area contributed by atoms with Gasteiger partial charge in [-0.25, -0.2) is 0 Å². The second-order valence-electron chi connectivity index (χ2n) is 8.94. The number of para-hydroxylation sites is 1. The average Bonchev–Trinajstić information content (AvgIpc) is 3.03. The van der Waals surface area contributed by atoms with E-state index in [1.165, 1.54) is 0 Å². The van der Waals surface area contributed by atoms with Crippen LogP contribution in [-0.4, -0.2) is 54.3 Å². The van der Waals surface area contributed by atoms with Crippen LogP contribution < -0.4 is 9.64 Å². The molecule has 0 amide bonds. The van der Waals surface area contributed by atoms with E-state index in [0.29, 0.717) is 11.7 Å². The molecule has 26 heavy (non-hydrogen) atoms. The van der Waals surface area contributed by atoms with Crippen LogP contribution >= 0.6 is 0 Å². The molecule has 5 heteroatoms. The molecule has 5 nitrogen and oxygen atoms in total. The van der Waals surface area contributed by atoms with Crippen molar-refractivity contribution in [3.63, 3.8) is 0 Å². The summed E-state index contributed by atoms with van der Waals surface area (Å²) in [6.45, 7) is 2.15. The minimum absolute atomic E-state index is 0.0927. The van der Waals surface area contributed by atoms with Crippen molar-refractivity contribution in [3.8, 4) is 5.75 Å². The number of benzene rings is 1. The van der Waals surface area contributed by atoms with Crippen LogP contribution in [0.1, 0.15) is 31.7 Å². The maximum Gasteiger partial charge on any atom is 0.150 e. The fraction of sp³-hybridized carbons (Fsp3) is 0.667. The number of Topliss-reactive ketones (excluding diaryl/α,β-unsaturated/α-hetero) is 1. The molecule has 5 bridgehead atoms. The van der Waals surface area contributed by atoms with E-state index in [-0.39, 0.29) is 30.0 Å². The smallest absolute Gasteiger partial charge is 0.150 e. The summed E-state index contributed by atoms with van der Waals surface area (Å²) >= 11 is 0. The molecule has 5 heterocycles. The van der Waals surface area contributed by atoms with Gasteiger partial charge in [-0.05, 0) is 36.8 Å². The topological polar surface area (TPSA) is 53.0 Å². The van der Waals surface area contributed by atoms with Crippen LogP contribution in [0, 0.1) is 17.8 Å². The van der Waals surface area contributed by atoms with Gasteiger partial charge >= 0.3 is 0 Å². The van der Waals surface area contributed by atoms with Gasteiger partial charge in [0.1, 0.15) is 12.0 Å². The van der Waals surface area contributed by atoms with Crippen LogP contribution in [0.4, 0.5) is 5.69 Å². The van der Waals surface area contributed by atoms with Gasteiger partial charge in [0.2, 0.25) is 0 Å². The summed E-state index contributed by atoms with van der Waals surface area (Å²) in [5.41, 5.74) is 1.84. The molecule has 5 fully saturated rings. The quantitative estimate of drug-likeness (QED) is 0.877. The molecule has 6 aliphatic rings. The Hall–Kier alpha value is -1.59. The fourth-order valence-electron chi connectivity index (χ4n) is 7.81. The molecule has 1 spiro atoms. The summed E-state index contributed by atoms with van der Waals surface area (Å²) in [6, 6.07) is 6.74. The van der Waals surface area contributed by atoms with E-state index in [9.17, 15) is 9.90 Å². The van der Waals surface area contributed by atoms with Crippen LogP contribution in [0.25, 0.3) is 0 Å². The van der Waals surface area contributed by atoms with E-state index >= 15 is 0 Å². The number of carbonyl (C=O) groups excluding carboxylic acids is 1. The largest absolute Gasteiger partial charge is 0.495 e. The van der Waals surface area contributed by atoms with Crippen LogP contribution in [0.5, 0.6) is 5.75 Å². The van der Waals surface area contributed by atoms with Gasteiger partial charge in [-0.15, -0.1) is 0 Å². The molecule has 1 aromatic rings. The number of aliphatic hydroxyl groups is 1. The Kier molecular flexibility index (Phi) is 2.75. The van der Waals surface area contributed by atoms with E-state index in [2.05, 4.69) is 29.8 Å². The molecule has 4 saturated heterocycles. The highest BCUT2D eigenvalue weighted by Crippen LogP contribution is 2.68. The van der Waals surface area contributed by atoms with Crippen LogP contribution in [0.3, 0.4) is 0 Å². The van der Waals surface area contributed by atoms with E-state index in [4.69, 9.17) is 4.74 Å². The molecular weight excluding hydrogens is 328 g/mol. The van der Waals surface area contributed by atoms with E-state index in [1.807, 2.05) is 12.1 Å². The SMILES string of the molecule is CC[C@H]1[C@@H]2C[C@H]3[C@@H]4N(C)c5c(OC)cccc5[C@]45C[C@@H](C2C5=O)N3[C@@H]1O. The monoisotopic (exact) mass is 354 g/mol. The number of likely N-dealkylation sites (N-methyl/N-ethyl adjacent to an activating group) is 1. The number of nitrogens with zero attached hydrogens (tertiary/aromatic N) is 2. The number of fused-ring (bicyclic) bond motifs is 2. The van der Waals surface area contributed by atoms with Gasteiger partial charge in [0.25, 0.3) is 0 Å². The van der Waals surface area contributed by atoms with Gasteiger partial charge in [-0.3, -0.25) is 9.69 Å². The lowest BCUT2D eigenvalue weighted by Crippen LogP contribution is -2.72. The third-order valence-corrected chi connectivity index (χ3v) is 8.48. The molecular formula is C21H26N2O3. The van der Waals surface area contributed by atoms with Gasteiger partial charge in [-0.2, -0.15) is 0 Å². The Labute approximate surface area is 153 Å². The van der Waals surface area contributed by atoms with E-state index in [1.54, 1.807) is 7.11 Å². The maximum absolute atomic E-state index is 13.9. The molecule has 1 saturated carbocycles. The number of carbonyl (C=O) groups is 1. The Bertz CT molecular complexity index is 825. The van der Waals surface area contributed by atoms with Gasteiger partial charge in [0.15, 0.2) is 5.78 Å². The van der Waals surface area contributed by atoms with Gasteiger partial charge in [0, 0.05) is 31.0 Å². The van der Waals surface area contributed by atoms with Crippen molar-refractivity contribution in [1.82, 2.24) is 4.90 Å². The number of ether oxygens (including phenoxy) is 1. The number of hydrogen-bond acceptors (Lipinski definition) is 5. The summed E-state index contributed by atoms with van der Waals surface area (Å²) in [7, 11) is 3.81. The Morgan fingerprint density at radius 3 is 2.88 bits per heavy atom. The Balaban J connectivity index is 1.60. The number of hydrogen-bond donors (Lipinski definition) is 1.